The van der Waals surface area contributed by atoms with Gasteiger partial charge in [0.25, 0.3) is 0 Å². The van der Waals surface area contributed by atoms with Crippen LogP contribution in [-0.4, -0.2) is 12.1 Å². The van der Waals surface area contributed by atoms with Gasteiger partial charge in [-0.2, -0.15) is 0 Å². The van der Waals surface area contributed by atoms with Gasteiger partial charge >= 0.3 is 0 Å². The second-order valence-electron chi connectivity index (χ2n) is 3.55. The Hall–Kier alpha value is -1.83. The number of methoxy groups -OCH3 is 1. The Morgan fingerprint density at radius 3 is 2.62 bits per heavy atom. The summed E-state index contributed by atoms with van der Waals surface area (Å²) in [7, 11) is 1.71. The smallest absolute Gasteiger partial charge is 0.122 e. The highest BCUT2D eigenvalue weighted by Gasteiger charge is 2.09. The van der Waals surface area contributed by atoms with Gasteiger partial charge in [-0.1, -0.05) is 25.1 Å². The number of hydrogen-bond acceptors (Lipinski definition) is 2. The highest BCUT2D eigenvalue weighted by atomic mass is 16.5. The molecule has 0 N–H and O–H groups in total. The zero-order chi connectivity index (χ0) is 11.4. The van der Waals surface area contributed by atoms with Gasteiger partial charge in [0.15, 0.2) is 0 Å². The largest absolute Gasteiger partial charge is 0.496 e. The Balaban J connectivity index is 2.57. The lowest BCUT2D eigenvalue weighted by Crippen LogP contribution is -1.94. The van der Waals surface area contributed by atoms with Crippen LogP contribution in [0.25, 0.3) is 11.3 Å². The van der Waals surface area contributed by atoms with E-state index in [0.29, 0.717) is 0 Å². The van der Waals surface area contributed by atoms with Crippen LogP contribution >= 0.6 is 0 Å². The molecule has 82 valence electrons. The van der Waals surface area contributed by atoms with Crippen molar-refractivity contribution >= 4 is 0 Å². The minimum Gasteiger partial charge on any atom is -0.496 e. The first-order valence-corrected chi connectivity index (χ1v) is 5.44. The molecular weight excluding hydrogens is 198 g/mol. The molecule has 0 spiro atoms. The lowest BCUT2D eigenvalue weighted by Gasteiger charge is -2.11. The maximum absolute atomic E-state index is 5.37. The number of hydrogen-bond donors (Lipinski definition) is 0. The summed E-state index contributed by atoms with van der Waals surface area (Å²) in [5.74, 6) is 0.936. The molecule has 0 unspecified atom stereocenters. The maximum Gasteiger partial charge on any atom is 0.122 e. The standard InChI is InChI=1S/C14H15NO/c1-3-11-12(7-6-9-14(11)16-2)13-8-4-5-10-15-13/h4-10H,3H2,1-2H3. The van der Waals surface area contributed by atoms with E-state index < -0.39 is 0 Å². The summed E-state index contributed by atoms with van der Waals surface area (Å²) < 4.78 is 5.37. The summed E-state index contributed by atoms with van der Waals surface area (Å²) in [5, 5.41) is 0. The van der Waals surface area contributed by atoms with Gasteiger partial charge in [-0.3, -0.25) is 4.98 Å². The number of ether oxygens (including phenoxy) is 1. The average molecular weight is 213 g/mol. The molecule has 0 atom stereocenters. The molecule has 0 amide bonds. The van der Waals surface area contributed by atoms with Crippen LogP contribution in [0.15, 0.2) is 42.6 Å². The van der Waals surface area contributed by atoms with Crippen molar-refractivity contribution in [3.63, 3.8) is 0 Å². The molecule has 0 aliphatic carbocycles. The average Bonchev–Trinajstić information content (AvgIpc) is 2.38. The van der Waals surface area contributed by atoms with Crippen molar-refractivity contribution in [3.8, 4) is 17.0 Å². The summed E-state index contributed by atoms with van der Waals surface area (Å²) in [5.41, 5.74) is 3.37. The predicted octanol–water partition coefficient (Wildman–Crippen LogP) is 3.32. The fourth-order valence-corrected chi connectivity index (χ4v) is 1.88. The third-order valence-corrected chi connectivity index (χ3v) is 2.65. The first-order valence-electron chi connectivity index (χ1n) is 5.44. The van der Waals surface area contributed by atoms with E-state index in [1.54, 1.807) is 7.11 Å². The van der Waals surface area contributed by atoms with Crippen LogP contribution in [0.1, 0.15) is 12.5 Å². The van der Waals surface area contributed by atoms with Crippen LogP contribution < -0.4 is 4.74 Å². The molecule has 2 heteroatoms. The summed E-state index contributed by atoms with van der Waals surface area (Å²) >= 11 is 0. The topological polar surface area (TPSA) is 22.1 Å². The normalized spacial score (nSPS) is 10.1. The van der Waals surface area contributed by atoms with Crippen LogP contribution in [0.2, 0.25) is 0 Å². The zero-order valence-corrected chi connectivity index (χ0v) is 9.60. The van der Waals surface area contributed by atoms with Gasteiger partial charge in [-0.15, -0.1) is 0 Å². The molecule has 0 saturated carbocycles. The lowest BCUT2D eigenvalue weighted by atomic mass is 10.0. The Labute approximate surface area is 95.9 Å². The van der Waals surface area contributed by atoms with E-state index in [1.165, 1.54) is 5.56 Å². The summed E-state index contributed by atoms with van der Waals surface area (Å²) in [6, 6.07) is 12.0. The first kappa shape index (κ1) is 10.7. The Morgan fingerprint density at radius 1 is 1.12 bits per heavy atom. The number of benzene rings is 1. The van der Waals surface area contributed by atoms with E-state index in [0.717, 1.165) is 23.4 Å². The summed E-state index contributed by atoms with van der Waals surface area (Å²) in [4.78, 5) is 4.38. The molecule has 0 radical (unpaired) electrons. The summed E-state index contributed by atoms with van der Waals surface area (Å²) in [6.07, 6.45) is 2.75. The van der Waals surface area contributed by atoms with E-state index in [4.69, 9.17) is 4.74 Å². The first-order chi connectivity index (χ1) is 7.86. The second kappa shape index (κ2) is 4.79. The van der Waals surface area contributed by atoms with Crippen molar-refractivity contribution in [1.29, 1.82) is 0 Å². The molecular formula is C14H15NO. The highest BCUT2D eigenvalue weighted by molar-refractivity contribution is 5.66. The number of rotatable bonds is 3. The molecule has 0 fully saturated rings. The van der Waals surface area contributed by atoms with Crippen molar-refractivity contribution in [2.45, 2.75) is 13.3 Å². The zero-order valence-electron chi connectivity index (χ0n) is 9.60. The Kier molecular flexibility index (Phi) is 3.20. The van der Waals surface area contributed by atoms with E-state index in [9.17, 15) is 0 Å². The SMILES string of the molecule is CCc1c(OC)cccc1-c1ccccn1. The molecule has 2 aromatic rings. The lowest BCUT2D eigenvalue weighted by molar-refractivity contribution is 0.410. The molecule has 0 saturated heterocycles. The van der Waals surface area contributed by atoms with E-state index in [1.807, 2.05) is 36.5 Å². The van der Waals surface area contributed by atoms with E-state index >= 15 is 0 Å². The monoisotopic (exact) mass is 213 g/mol. The van der Waals surface area contributed by atoms with Gasteiger partial charge in [-0.05, 0) is 24.6 Å². The molecule has 0 aliphatic rings. The minimum absolute atomic E-state index is 0.936. The van der Waals surface area contributed by atoms with Crippen molar-refractivity contribution < 1.29 is 4.74 Å². The van der Waals surface area contributed by atoms with Crippen LogP contribution in [0, 0.1) is 0 Å². The van der Waals surface area contributed by atoms with Crippen molar-refractivity contribution in [2.24, 2.45) is 0 Å². The summed E-state index contributed by atoms with van der Waals surface area (Å²) in [6.45, 7) is 2.13. The number of aromatic nitrogens is 1. The minimum atomic E-state index is 0.936. The van der Waals surface area contributed by atoms with Gasteiger partial charge < -0.3 is 4.74 Å². The third-order valence-electron chi connectivity index (χ3n) is 2.65. The molecule has 0 aliphatic heterocycles. The molecule has 1 heterocycles. The molecule has 1 aromatic heterocycles. The fourth-order valence-electron chi connectivity index (χ4n) is 1.88. The third kappa shape index (κ3) is 1.91. The predicted molar refractivity (Wildman–Crippen MR) is 65.6 cm³/mol. The van der Waals surface area contributed by atoms with Gasteiger partial charge in [0, 0.05) is 17.3 Å². The van der Waals surface area contributed by atoms with Crippen LogP contribution in [0.5, 0.6) is 5.75 Å². The van der Waals surface area contributed by atoms with Crippen molar-refractivity contribution in [2.75, 3.05) is 7.11 Å². The van der Waals surface area contributed by atoms with Crippen LogP contribution in [0.4, 0.5) is 0 Å². The molecule has 1 aromatic carbocycles. The van der Waals surface area contributed by atoms with Crippen molar-refractivity contribution in [3.05, 3.63) is 48.2 Å². The highest BCUT2D eigenvalue weighted by Crippen LogP contribution is 2.29. The Morgan fingerprint density at radius 2 is 2.00 bits per heavy atom. The maximum atomic E-state index is 5.37. The van der Waals surface area contributed by atoms with E-state index in [-0.39, 0.29) is 0 Å². The fraction of sp³-hybridized carbons (Fsp3) is 0.214. The van der Waals surface area contributed by atoms with Crippen molar-refractivity contribution in [1.82, 2.24) is 4.98 Å². The quantitative estimate of drug-likeness (QED) is 0.780. The molecule has 2 nitrogen and oxygen atoms in total. The van der Waals surface area contributed by atoms with E-state index in [2.05, 4.69) is 18.0 Å². The van der Waals surface area contributed by atoms with Gasteiger partial charge in [0.2, 0.25) is 0 Å². The molecule has 0 bridgehead atoms. The van der Waals surface area contributed by atoms with Gasteiger partial charge in [0.05, 0.1) is 12.8 Å². The number of pyridine rings is 1. The second-order valence-corrected chi connectivity index (χ2v) is 3.55. The van der Waals surface area contributed by atoms with Crippen LogP contribution in [0.3, 0.4) is 0 Å². The Bertz CT molecular complexity index is 465. The van der Waals surface area contributed by atoms with Crippen LogP contribution in [-0.2, 0) is 6.42 Å². The molecule has 16 heavy (non-hydrogen) atoms. The molecule has 2 rings (SSSR count). The van der Waals surface area contributed by atoms with Gasteiger partial charge in [0.1, 0.15) is 5.75 Å². The van der Waals surface area contributed by atoms with Gasteiger partial charge in [-0.25, -0.2) is 0 Å². The number of nitrogens with zero attached hydrogens (tertiary/aromatic N) is 1.